The summed E-state index contributed by atoms with van der Waals surface area (Å²) < 4.78 is 4.62. The van der Waals surface area contributed by atoms with E-state index >= 15 is 0 Å². The summed E-state index contributed by atoms with van der Waals surface area (Å²) in [4.78, 5) is 23.7. The van der Waals surface area contributed by atoms with Crippen LogP contribution in [0.3, 0.4) is 0 Å². The second-order valence-electron chi connectivity index (χ2n) is 4.35. The highest BCUT2D eigenvalue weighted by atomic mass is 35.5. The molecule has 0 saturated carbocycles. The molecule has 0 heterocycles. The monoisotopic (exact) mass is 300 g/mol. The molecule has 0 amide bonds. The van der Waals surface area contributed by atoms with Gasteiger partial charge in [0.1, 0.15) is 5.92 Å². The van der Waals surface area contributed by atoms with E-state index in [0.717, 1.165) is 5.56 Å². The first-order chi connectivity index (χ1) is 9.10. The second-order valence-corrected chi connectivity index (χ2v) is 4.35. The van der Waals surface area contributed by atoms with Crippen molar-refractivity contribution in [2.75, 3.05) is 13.7 Å². The predicted octanol–water partition coefficient (Wildman–Crippen LogP) is 0.685. The van der Waals surface area contributed by atoms with Gasteiger partial charge in [-0.3, -0.25) is 9.59 Å². The normalized spacial score (nSPS) is 12.9. The van der Waals surface area contributed by atoms with Crippen molar-refractivity contribution < 1.29 is 14.3 Å². The van der Waals surface area contributed by atoms with Gasteiger partial charge in [-0.15, -0.1) is 12.4 Å². The maximum Gasteiger partial charge on any atom is 0.316 e. The number of rotatable bonds is 7. The van der Waals surface area contributed by atoms with Crippen molar-refractivity contribution in [2.24, 2.45) is 17.4 Å². The Morgan fingerprint density at radius 1 is 1.25 bits per heavy atom. The fourth-order valence-corrected chi connectivity index (χ4v) is 1.91. The number of hydrogen-bond acceptors (Lipinski definition) is 5. The average Bonchev–Trinajstić information content (AvgIpc) is 2.44. The van der Waals surface area contributed by atoms with Crippen LogP contribution in [0, 0.1) is 5.92 Å². The van der Waals surface area contributed by atoms with Crippen molar-refractivity contribution in [1.82, 2.24) is 0 Å². The van der Waals surface area contributed by atoms with Crippen LogP contribution in [0.25, 0.3) is 0 Å². The Kier molecular flexibility index (Phi) is 8.79. The van der Waals surface area contributed by atoms with Gasteiger partial charge in [0.05, 0.1) is 13.2 Å². The largest absolute Gasteiger partial charge is 0.468 e. The number of halogens is 1. The Balaban J connectivity index is 0.00000361. The molecule has 112 valence electrons. The molecular formula is C14H21ClN2O3. The van der Waals surface area contributed by atoms with E-state index in [2.05, 4.69) is 4.74 Å². The van der Waals surface area contributed by atoms with Crippen LogP contribution in [-0.4, -0.2) is 31.4 Å². The van der Waals surface area contributed by atoms with Crippen molar-refractivity contribution in [3.05, 3.63) is 35.9 Å². The van der Waals surface area contributed by atoms with Crippen molar-refractivity contribution in [3.8, 4) is 0 Å². The molecule has 1 rings (SSSR count). The van der Waals surface area contributed by atoms with Crippen molar-refractivity contribution in [1.29, 1.82) is 0 Å². The fraction of sp³-hybridized carbons (Fsp3) is 0.429. The van der Waals surface area contributed by atoms with E-state index in [9.17, 15) is 9.59 Å². The van der Waals surface area contributed by atoms with Crippen LogP contribution in [0.2, 0.25) is 0 Å². The Bertz CT molecular complexity index is 426. The van der Waals surface area contributed by atoms with Gasteiger partial charge < -0.3 is 16.2 Å². The molecule has 0 aliphatic heterocycles. The molecule has 0 aromatic heterocycles. The number of nitrogens with two attached hydrogens (primary N) is 2. The van der Waals surface area contributed by atoms with Gasteiger partial charge in [-0.1, -0.05) is 30.3 Å². The summed E-state index contributed by atoms with van der Waals surface area (Å²) in [5, 5.41) is 0. The highest BCUT2D eigenvalue weighted by Gasteiger charge is 2.30. The van der Waals surface area contributed by atoms with Gasteiger partial charge in [-0.25, -0.2) is 0 Å². The molecule has 0 aliphatic rings. The minimum absolute atomic E-state index is 0. The smallest absolute Gasteiger partial charge is 0.316 e. The SMILES string of the molecule is COC(=O)C(CCN)C(=O)[C@@H](N)Cc1ccccc1.Cl. The summed E-state index contributed by atoms with van der Waals surface area (Å²) in [6.07, 6.45) is 0.658. The van der Waals surface area contributed by atoms with E-state index in [1.807, 2.05) is 30.3 Å². The van der Waals surface area contributed by atoms with Gasteiger partial charge in [0, 0.05) is 0 Å². The topological polar surface area (TPSA) is 95.4 Å². The summed E-state index contributed by atoms with van der Waals surface area (Å²) in [5.74, 6) is -1.76. The first-order valence-corrected chi connectivity index (χ1v) is 6.21. The van der Waals surface area contributed by atoms with Crippen LogP contribution in [0.4, 0.5) is 0 Å². The molecule has 4 N–H and O–H groups in total. The zero-order chi connectivity index (χ0) is 14.3. The Morgan fingerprint density at radius 2 is 1.85 bits per heavy atom. The van der Waals surface area contributed by atoms with Crippen LogP contribution in [-0.2, 0) is 20.7 Å². The zero-order valence-corrected chi connectivity index (χ0v) is 12.3. The molecule has 0 bridgehead atoms. The zero-order valence-electron chi connectivity index (χ0n) is 11.5. The average molecular weight is 301 g/mol. The number of esters is 1. The van der Waals surface area contributed by atoms with Crippen molar-refractivity contribution in [3.63, 3.8) is 0 Å². The third kappa shape index (κ3) is 5.28. The highest BCUT2D eigenvalue weighted by molar-refractivity contribution is 6.01. The predicted molar refractivity (Wildman–Crippen MR) is 79.6 cm³/mol. The van der Waals surface area contributed by atoms with Crippen LogP contribution >= 0.6 is 12.4 Å². The van der Waals surface area contributed by atoms with Gasteiger partial charge >= 0.3 is 5.97 Å². The summed E-state index contributed by atoms with van der Waals surface area (Å²) in [7, 11) is 1.25. The summed E-state index contributed by atoms with van der Waals surface area (Å²) in [6.45, 7) is 0.240. The second kappa shape index (κ2) is 9.47. The summed E-state index contributed by atoms with van der Waals surface area (Å²) >= 11 is 0. The first kappa shape index (κ1) is 18.6. The van der Waals surface area contributed by atoms with Crippen LogP contribution < -0.4 is 11.5 Å². The number of Topliss-reactive ketones (excluding diaryl/α,β-unsaturated/α-hetero) is 1. The number of hydrogen-bond donors (Lipinski definition) is 2. The fourth-order valence-electron chi connectivity index (χ4n) is 1.91. The van der Waals surface area contributed by atoms with Crippen LogP contribution in [0.15, 0.2) is 30.3 Å². The quantitative estimate of drug-likeness (QED) is 0.570. The minimum Gasteiger partial charge on any atom is -0.468 e. The first-order valence-electron chi connectivity index (χ1n) is 6.21. The number of benzene rings is 1. The van der Waals surface area contributed by atoms with Crippen LogP contribution in [0.1, 0.15) is 12.0 Å². The molecule has 0 saturated heterocycles. The Labute approximate surface area is 125 Å². The Hall–Kier alpha value is -1.43. The molecule has 0 fully saturated rings. The molecule has 20 heavy (non-hydrogen) atoms. The van der Waals surface area contributed by atoms with E-state index < -0.39 is 17.9 Å². The van der Waals surface area contributed by atoms with E-state index in [-0.39, 0.29) is 31.2 Å². The molecule has 1 aromatic carbocycles. The maximum absolute atomic E-state index is 12.2. The third-order valence-corrected chi connectivity index (χ3v) is 2.95. The summed E-state index contributed by atoms with van der Waals surface area (Å²) in [5.41, 5.74) is 12.2. The van der Waals surface area contributed by atoms with Gasteiger partial charge in [-0.05, 0) is 24.9 Å². The molecule has 0 spiro atoms. The van der Waals surface area contributed by atoms with E-state index in [4.69, 9.17) is 11.5 Å². The lowest BCUT2D eigenvalue weighted by atomic mass is 9.92. The maximum atomic E-state index is 12.2. The summed E-state index contributed by atoms with van der Waals surface area (Å²) in [6, 6.07) is 8.71. The van der Waals surface area contributed by atoms with E-state index in [1.165, 1.54) is 7.11 Å². The van der Waals surface area contributed by atoms with Crippen LogP contribution in [0.5, 0.6) is 0 Å². The highest BCUT2D eigenvalue weighted by Crippen LogP contribution is 2.11. The number of carbonyl (C=O) groups excluding carboxylic acids is 2. The minimum atomic E-state index is -0.867. The van der Waals surface area contributed by atoms with Crippen molar-refractivity contribution >= 4 is 24.2 Å². The number of methoxy groups -OCH3 is 1. The van der Waals surface area contributed by atoms with Gasteiger partial charge in [0.25, 0.3) is 0 Å². The Morgan fingerprint density at radius 3 is 2.35 bits per heavy atom. The molecule has 0 radical (unpaired) electrons. The lowest BCUT2D eigenvalue weighted by Gasteiger charge is -2.17. The number of ether oxygens (including phenoxy) is 1. The number of carbonyl (C=O) groups is 2. The van der Waals surface area contributed by atoms with Gasteiger partial charge in [-0.2, -0.15) is 0 Å². The molecule has 5 nitrogen and oxygen atoms in total. The lowest BCUT2D eigenvalue weighted by molar-refractivity contribution is -0.150. The van der Waals surface area contributed by atoms with Crippen molar-refractivity contribution in [2.45, 2.75) is 18.9 Å². The third-order valence-electron chi connectivity index (χ3n) is 2.95. The molecule has 1 aromatic rings. The molecule has 6 heteroatoms. The molecule has 1 unspecified atom stereocenters. The van der Waals surface area contributed by atoms with E-state index in [1.54, 1.807) is 0 Å². The van der Waals surface area contributed by atoms with E-state index in [0.29, 0.717) is 6.42 Å². The molecular weight excluding hydrogens is 280 g/mol. The molecule has 2 atom stereocenters. The number of ketones is 1. The van der Waals surface area contributed by atoms with Gasteiger partial charge in [0.15, 0.2) is 5.78 Å². The lowest BCUT2D eigenvalue weighted by Crippen LogP contribution is -2.41. The molecule has 0 aliphatic carbocycles. The standard InChI is InChI=1S/C14H20N2O3.ClH/c1-19-14(18)11(7-8-15)13(17)12(16)9-10-5-3-2-4-6-10;/h2-6,11-12H,7-9,15-16H2,1H3;1H/t11?,12-;/m0./s1. The van der Waals surface area contributed by atoms with Gasteiger partial charge in [0.2, 0.25) is 0 Å².